The zero-order valence-electron chi connectivity index (χ0n) is 11.8. The Bertz CT molecular complexity index is 780. The SMILES string of the molecule is COc1nc(Cl)nc(Nc2ccccc2-c2ccccc2)n1. The number of para-hydroxylation sites is 1. The fraction of sp³-hybridized carbons (Fsp3) is 0.0625. The third kappa shape index (κ3) is 3.15. The first-order chi connectivity index (χ1) is 10.8. The maximum absolute atomic E-state index is 5.87. The second-order valence-electron chi connectivity index (χ2n) is 4.45. The van der Waals surface area contributed by atoms with Crippen LogP contribution in [0.25, 0.3) is 11.1 Å². The molecule has 0 spiro atoms. The molecule has 0 saturated heterocycles. The molecule has 0 radical (unpaired) electrons. The molecule has 1 heterocycles. The van der Waals surface area contributed by atoms with Crippen LogP contribution in [-0.4, -0.2) is 22.1 Å². The predicted octanol–water partition coefficient (Wildman–Crippen LogP) is 3.94. The summed E-state index contributed by atoms with van der Waals surface area (Å²) in [6.45, 7) is 0. The van der Waals surface area contributed by atoms with Gasteiger partial charge in [0.25, 0.3) is 0 Å². The molecular formula is C16H13ClN4O. The minimum Gasteiger partial charge on any atom is -0.467 e. The molecule has 2 aromatic carbocycles. The molecule has 0 aliphatic rings. The lowest BCUT2D eigenvalue weighted by atomic mass is 10.0. The monoisotopic (exact) mass is 312 g/mol. The molecule has 0 amide bonds. The average Bonchev–Trinajstić information content (AvgIpc) is 2.55. The molecular weight excluding hydrogens is 300 g/mol. The first-order valence-electron chi connectivity index (χ1n) is 6.63. The van der Waals surface area contributed by atoms with E-state index in [1.54, 1.807) is 0 Å². The lowest BCUT2D eigenvalue weighted by Crippen LogP contribution is -2.02. The Morgan fingerprint density at radius 3 is 2.41 bits per heavy atom. The predicted molar refractivity (Wildman–Crippen MR) is 86.5 cm³/mol. The van der Waals surface area contributed by atoms with E-state index < -0.39 is 0 Å². The van der Waals surface area contributed by atoms with Gasteiger partial charge in [0.15, 0.2) is 0 Å². The summed E-state index contributed by atoms with van der Waals surface area (Å²) in [5, 5.41) is 3.24. The fourth-order valence-electron chi connectivity index (χ4n) is 2.06. The Labute approximate surface area is 133 Å². The van der Waals surface area contributed by atoms with Crippen molar-refractivity contribution in [2.45, 2.75) is 0 Å². The first-order valence-corrected chi connectivity index (χ1v) is 7.01. The van der Waals surface area contributed by atoms with Crippen molar-refractivity contribution in [2.75, 3.05) is 12.4 Å². The molecule has 1 N–H and O–H groups in total. The van der Waals surface area contributed by atoms with Gasteiger partial charge in [0.1, 0.15) is 0 Å². The minimum atomic E-state index is 0.0755. The highest BCUT2D eigenvalue weighted by Gasteiger charge is 2.09. The lowest BCUT2D eigenvalue weighted by molar-refractivity contribution is 0.379. The summed E-state index contributed by atoms with van der Waals surface area (Å²) in [4.78, 5) is 12.1. The summed E-state index contributed by atoms with van der Waals surface area (Å²) >= 11 is 5.87. The summed E-state index contributed by atoms with van der Waals surface area (Å²) in [6, 6.07) is 18.1. The molecule has 0 fully saturated rings. The Kier molecular flexibility index (Phi) is 4.16. The van der Waals surface area contributed by atoms with Crippen molar-refractivity contribution in [1.82, 2.24) is 15.0 Å². The average molecular weight is 313 g/mol. The number of benzene rings is 2. The number of halogens is 1. The van der Waals surface area contributed by atoms with Crippen LogP contribution in [0.1, 0.15) is 0 Å². The summed E-state index contributed by atoms with van der Waals surface area (Å²) < 4.78 is 5.00. The zero-order valence-corrected chi connectivity index (χ0v) is 12.6. The molecule has 6 heteroatoms. The van der Waals surface area contributed by atoms with Crippen molar-refractivity contribution in [1.29, 1.82) is 0 Å². The second-order valence-corrected chi connectivity index (χ2v) is 4.79. The van der Waals surface area contributed by atoms with Gasteiger partial charge < -0.3 is 10.1 Å². The van der Waals surface area contributed by atoms with Gasteiger partial charge in [0, 0.05) is 11.3 Å². The van der Waals surface area contributed by atoms with E-state index in [1.807, 2.05) is 54.6 Å². The van der Waals surface area contributed by atoms with E-state index in [0.29, 0.717) is 5.95 Å². The van der Waals surface area contributed by atoms with Gasteiger partial charge in [0.05, 0.1) is 7.11 Å². The normalized spacial score (nSPS) is 10.3. The molecule has 0 bridgehead atoms. The molecule has 0 atom stereocenters. The number of aromatic nitrogens is 3. The number of nitrogens with zero attached hydrogens (tertiary/aromatic N) is 3. The number of nitrogens with one attached hydrogen (secondary N) is 1. The molecule has 0 aliphatic carbocycles. The molecule has 0 saturated carbocycles. The molecule has 0 aliphatic heterocycles. The van der Waals surface area contributed by atoms with Gasteiger partial charge in [-0.1, -0.05) is 48.5 Å². The Hall–Kier alpha value is -2.66. The minimum absolute atomic E-state index is 0.0755. The van der Waals surface area contributed by atoms with Crippen LogP contribution in [0.5, 0.6) is 6.01 Å². The van der Waals surface area contributed by atoms with E-state index in [9.17, 15) is 0 Å². The molecule has 22 heavy (non-hydrogen) atoms. The number of hydrogen-bond acceptors (Lipinski definition) is 5. The summed E-state index contributed by atoms with van der Waals surface area (Å²) in [5.74, 6) is 0.334. The number of anilines is 2. The van der Waals surface area contributed by atoms with Crippen molar-refractivity contribution in [2.24, 2.45) is 0 Å². The van der Waals surface area contributed by atoms with E-state index in [0.717, 1.165) is 16.8 Å². The zero-order chi connectivity index (χ0) is 15.4. The maximum Gasteiger partial charge on any atom is 0.322 e. The van der Waals surface area contributed by atoms with Crippen LogP contribution >= 0.6 is 11.6 Å². The van der Waals surface area contributed by atoms with Crippen LogP contribution in [0.4, 0.5) is 11.6 Å². The van der Waals surface area contributed by atoms with Gasteiger partial charge in [-0.2, -0.15) is 15.0 Å². The number of hydrogen-bond donors (Lipinski definition) is 1. The van der Waals surface area contributed by atoms with Gasteiger partial charge >= 0.3 is 6.01 Å². The topological polar surface area (TPSA) is 59.9 Å². The third-order valence-electron chi connectivity index (χ3n) is 3.03. The Morgan fingerprint density at radius 1 is 0.909 bits per heavy atom. The maximum atomic E-state index is 5.87. The highest BCUT2D eigenvalue weighted by molar-refractivity contribution is 6.28. The van der Waals surface area contributed by atoms with Gasteiger partial charge in [-0.3, -0.25) is 0 Å². The van der Waals surface area contributed by atoms with Crippen LogP contribution in [0, 0.1) is 0 Å². The van der Waals surface area contributed by atoms with Gasteiger partial charge in [-0.05, 0) is 23.2 Å². The molecule has 110 valence electrons. The van der Waals surface area contributed by atoms with E-state index >= 15 is 0 Å². The molecule has 3 aromatic rings. The largest absolute Gasteiger partial charge is 0.467 e. The van der Waals surface area contributed by atoms with Gasteiger partial charge in [-0.15, -0.1) is 0 Å². The summed E-state index contributed by atoms with van der Waals surface area (Å²) in [6.07, 6.45) is 0. The third-order valence-corrected chi connectivity index (χ3v) is 3.20. The molecule has 1 aromatic heterocycles. The number of rotatable bonds is 4. The second kappa shape index (κ2) is 6.41. The number of ether oxygens (including phenoxy) is 1. The quantitative estimate of drug-likeness (QED) is 0.790. The van der Waals surface area contributed by atoms with Gasteiger partial charge in [-0.25, -0.2) is 0 Å². The Morgan fingerprint density at radius 2 is 1.64 bits per heavy atom. The highest BCUT2D eigenvalue weighted by Crippen LogP contribution is 2.29. The van der Waals surface area contributed by atoms with Crippen molar-refractivity contribution in [3.8, 4) is 17.1 Å². The van der Waals surface area contributed by atoms with Crippen LogP contribution in [0.3, 0.4) is 0 Å². The van der Waals surface area contributed by atoms with Crippen molar-refractivity contribution >= 4 is 23.2 Å². The highest BCUT2D eigenvalue weighted by atomic mass is 35.5. The molecule has 5 nitrogen and oxygen atoms in total. The lowest BCUT2D eigenvalue weighted by Gasteiger charge is -2.11. The van der Waals surface area contributed by atoms with Crippen LogP contribution in [0.2, 0.25) is 5.28 Å². The summed E-state index contributed by atoms with van der Waals surface area (Å²) in [5.41, 5.74) is 3.01. The van der Waals surface area contributed by atoms with E-state index in [1.165, 1.54) is 7.11 Å². The van der Waals surface area contributed by atoms with Crippen molar-refractivity contribution in [3.05, 3.63) is 59.9 Å². The smallest absolute Gasteiger partial charge is 0.322 e. The van der Waals surface area contributed by atoms with E-state index in [2.05, 4.69) is 20.3 Å². The van der Waals surface area contributed by atoms with Crippen molar-refractivity contribution < 1.29 is 4.74 Å². The molecule has 3 rings (SSSR count). The summed E-state index contributed by atoms with van der Waals surface area (Å²) in [7, 11) is 1.48. The van der Waals surface area contributed by atoms with Crippen LogP contribution in [0.15, 0.2) is 54.6 Å². The Balaban J connectivity index is 1.98. The van der Waals surface area contributed by atoms with Gasteiger partial charge in [0.2, 0.25) is 11.2 Å². The van der Waals surface area contributed by atoms with Crippen molar-refractivity contribution in [3.63, 3.8) is 0 Å². The van der Waals surface area contributed by atoms with Crippen LogP contribution in [-0.2, 0) is 0 Å². The number of methoxy groups -OCH3 is 1. The molecule has 0 unspecified atom stereocenters. The van der Waals surface area contributed by atoms with E-state index in [4.69, 9.17) is 16.3 Å². The van der Waals surface area contributed by atoms with Crippen LogP contribution < -0.4 is 10.1 Å². The first kappa shape index (κ1) is 14.3. The fourth-order valence-corrected chi connectivity index (χ4v) is 2.21. The van der Waals surface area contributed by atoms with E-state index in [-0.39, 0.29) is 11.3 Å². The standard InChI is InChI=1S/C16H13ClN4O/c1-22-16-20-14(17)19-15(21-16)18-13-10-6-5-9-12(13)11-7-3-2-4-8-11/h2-10H,1H3,(H,18,19,20,21).